The minimum atomic E-state index is 0.571. The Balaban J connectivity index is 1.62. The van der Waals surface area contributed by atoms with Crippen LogP contribution in [0.2, 0.25) is 0 Å². The molecule has 0 bridgehead atoms. The average molecular weight is 330 g/mol. The lowest BCUT2D eigenvalue weighted by atomic mass is 10.1. The summed E-state index contributed by atoms with van der Waals surface area (Å²) in [6, 6.07) is 6.20. The molecule has 2 aromatic heterocycles. The minimum absolute atomic E-state index is 0.571. The maximum absolute atomic E-state index is 4.58. The topological polar surface area (TPSA) is 69.4 Å². The lowest BCUT2D eigenvalue weighted by Gasteiger charge is -2.05. The standard InChI is InChI=1S/C14H14N6S2/c1-8-3-6-11(7-9(8)2)20-13(16-18-19-20)21-14-15-12(17-22-14)10-4-5-10/h3,6-7,10H,4-5H2,1-2H3. The van der Waals surface area contributed by atoms with Crippen LogP contribution in [0.1, 0.15) is 35.7 Å². The van der Waals surface area contributed by atoms with Crippen LogP contribution in [0.3, 0.4) is 0 Å². The van der Waals surface area contributed by atoms with Gasteiger partial charge in [0.15, 0.2) is 4.34 Å². The molecule has 0 radical (unpaired) electrons. The van der Waals surface area contributed by atoms with E-state index in [4.69, 9.17) is 0 Å². The Labute approximate surface area is 136 Å². The van der Waals surface area contributed by atoms with Gasteiger partial charge < -0.3 is 0 Å². The van der Waals surface area contributed by atoms with E-state index in [2.05, 4.69) is 50.9 Å². The second-order valence-corrected chi connectivity index (χ2v) is 7.40. The molecular formula is C14H14N6S2. The Bertz CT molecular complexity index is 820. The molecule has 22 heavy (non-hydrogen) atoms. The maximum atomic E-state index is 4.58. The lowest BCUT2D eigenvalue weighted by Crippen LogP contribution is -1.99. The van der Waals surface area contributed by atoms with Crippen LogP contribution in [0.15, 0.2) is 27.7 Å². The molecule has 1 saturated carbocycles. The molecule has 0 saturated heterocycles. The summed E-state index contributed by atoms with van der Waals surface area (Å²) in [6.07, 6.45) is 2.42. The predicted molar refractivity (Wildman–Crippen MR) is 84.6 cm³/mol. The highest BCUT2D eigenvalue weighted by Crippen LogP contribution is 2.40. The number of hydrogen-bond acceptors (Lipinski definition) is 7. The predicted octanol–water partition coefficient (Wildman–Crippen LogP) is 3.16. The fourth-order valence-corrected chi connectivity index (χ4v) is 3.69. The molecule has 1 aromatic carbocycles. The molecule has 0 spiro atoms. The van der Waals surface area contributed by atoms with Crippen molar-refractivity contribution in [2.24, 2.45) is 0 Å². The molecule has 3 aromatic rings. The zero-order valence-electron chi connectivity index (χ0n) is 12.2. The molecule has 0 unspecified atom stereocenters. The molecule has 2 heterocycles. The van der Waals surface area contributed by atoms with Crippen molar-refractivity contribution in [3.8, 4) is 5.69 Å². The van der Waals surface area contributed by atoms with Crippen LogP contribution in [-0.2, 0) is 0 Å². The lowest BCUT2D eigenvalue weighted by molar-refractivity contribution is 0.755. The number of nitrogens with zero attached hydrogens (tertiary/aromatic N) is 6. The van der Waals surface area contributed by atoms with Crippen molar-refractivity contribution in [1.29, 1.82) is 0 Å². The average Bonchev–Trinajstić information content (AvgIpc) is 3.08. The van der Waals surface area contributed by atoms with Crippen LogP contribution in [-0.4, -0.2) is 29.6 Å². The highest BCUT2D eigenvalue weighted by atomic mass is 32.2. The van der Waals surface area contributed by atoms with Gasteiger partial charge in [-0.05, 0) is 83.7 Å². The quantitative estimate of drug-likeness (QED) is 0.732. The number of aromatic nitrogens is 6. The molecule has 8 heteroatoms. The first kappa shape index (κ1) is 13.8. The largest absolute Gasteiger partial charge is 0.221 e. The third-order valence-electron chi connectivity index (χ3n) is 3.72. The van der Waals surface area contributed by atoms with Crippen LogP contribution < -0.4 is 0 Å². The van der Waals surface area contributed by atoms with Crippen LogP contribution in [0.5, 0.6) is 0 Å². The van der Waals surface area contributed by atoms with Gasteiger partial charge in [-0.25, -0.2) is 4.98 Å². The Morgan fingerprint density at radius 1 is 1.23 bits per heavy atom. The summed E-state index contributed by atoms with van der Waals surface area (Å²) in [4.78, 5) is 4.58. The smallest absolute Gasteiger partial charge is 0.212 e. The highest BCUT2D eigenvalue weighted by molar-refractivity contribution is 8.00. The van der Waals surface area contributed by atoms with Gasteiger partial charge in [0, 0.05) is 5.92 Å². The Kier molecular flexibility index (Phi) is 3.42. The molecular weight excluding hydrogens is 316 g/mol. The number of hydrogen-bond donors (Lipinski definition) is 0. The second kappa shape index (κ2) is 5.44. The van der Waals surface area contributed by atoms with E-state index in [0.717, 1.165) is 15.9 Å². The molecule has 0 atom stereocenters. The van der Waals surface area contributed by atoms with Crippen LogP contribution in [0.4, 0.5) is 0 Å². The second-order valence-electron chi connectivity index (χ2n) is 5.44. The van der Waals surface area contributed by atoms with Crippen LogP contribution >= 0.6 is 23.3 Å². The SMILES string of the molecule is Cc1ccc(-n2nnnc2Sc2nc(C3CC3)ns2)cc1C. The summed E-state index contributed by atoms with van der Waals surface area (Å²) in [7, 11) is 0. The van der Waals surface area contributed by atoms with Gasteiger partial charge in [-0.2, -0.15) is 9.06 Å². The van der Waals surface area contributed by atoms with Crippen molar-refractivity contribution in [1.82, 2.24) is 29.6 Å². The minimum Gasteiger partial charge on any atom is -0.212 e. The van der Waals surface area contributed by atoms with E-state index >= 15 is 0 Å². The van der Waals surface area contributed by atoms with E-state index in [1.807, 2.05) is 6.07 Å². The molecule has 1 fully saturated rings. The first-order valence-electron chi connectivity index (χ1n) is 7.08. The molecule has 1 aliphatic carbocycles. The van der Waals surface area contributed by atoms with Gasteiger partial charge >= 0.3 is 0 Å². The summed E-state index contributed by atoms with van der Waals surface area (Å²) >= 11 is 2.88. The van der Waals surface area contributed by atoms with Gasteiger partial charge in [0.1, 0.15) is 5.82 Å². The van der Waals surface area contributed by atoms with Crippen LogP contribution in [0.25, 0.3) is 5.69 Å². The van der Waals surface area contributed by atoms with Gasteiger partial charge in [0.25, 0.3) is 0 Å². The third kappa shape index (κ3) is 2.64. The van der Waals surface area contributed by atoms with Gasteiger partial charge in [-0.1, -0.05) is 6.07 Å². The number of benzene rings is 1. The van der Waals surface area contributed by atoms with Crippen LogP contribution in [0, 0.1) is 13.8 Å². The van der Waals surface area contributed by atoms with E-state index < -0.39 is 0 Å². The van der Waals surface area contributed by atoms with Gasteiger partial charge in [0.2, 0.25) is 5.16 Å². The summed E-state index contributed by atoms with van der Waals surface area (Å²) in [6.45, 7) is 4.18. The normalized spacial score (nSPS) is 14.5. The fourth-order valence-electron chi connectivity index (χ4n) is 2.11. The Morgan fingerprint density at radius 2 is 2.09 bits per heavy atom. The van der Waals surface area contributed by atoms with Crippen molar-refractivity contribution < 1.29 is 0 Å². The number of rotatable bonds is 4. The zero-order chi connectivity index (χ0) is 15.1. The highest BCUT2D eigenvalue weighted by Gasteiger charge is 2.28. The van der Waals surface area contributed by atoms with Gasteiger partial charge in [0.05, 0.1) is 5.69 Å². The third-order valence-corrected chi connectivity index (χ3v) is 5.42. The molecule has 0 N–H and O–H groups in total. The zero-order valence-corrected chi connectivity index (χ0v) is 13.9. The Morgan fingerprint density at radius 3 is 2.86 bits per heavy atom. The molecule has 4 rings (SSSR count). The number of tetrazole rings is 1. The summed E-state index contributed by atoms with van der Waals surface area (Å²) in [5.41, 5.74) is 3.43. The summed E-state index contributed by atoms with van der Waals surface area (Å²) in [5, 5.41) is 12.7. The van der Waals surface area contributed by atoms with Gasteiger partial charge in [-0.15, -0.1) is 5.10 Å². The fraction of sp³-hybridized carbons (Fsp3) is 0.357. The van der Waals surface area contributed by atoms with E-state index in [1.165, 1.54) is 47.3 Å². The molecule has 6 nitrogen and oxygen atoms in total. The molecule has 0 amide bonds. The van der Waals surface area contributed by atoms with Crippen molar-refractivity contribution in [3.63, 3.8) is 0 Å². The summed E-state index contributed by atoms with van der Waals surface area (Å²) < 4.78 is 7.05. The molecule has 0 aliphatic heterocycles. The van der Waals surface area contributed by atoms with Crippen molar-refractivity contribution in [2.45, 2.75) is 42.1 Å². The van der Waals surface area contributed by atoms with Crippen molar-refractivity contribution in [3.05, 3.63) is 35.2 Å². The number of aryl methyl sites for hydroxylation is 2. The monoisotopic (exact) mass is 330 g/mol. The molecule has 112 valence electrons. The van der Waals surface area contributed by atoms with E-state index in [-0.39, 0.29) is 0 Å². The van der Waals surface area contributed by atoms with E-state index in [9.17, 15) is 0 Å². The van der Waals surface area contributed by atoms with Crippen molar-refractivity contribution >= 4 is 23.3 Å². The van der Waals surface area contributed by atoms with Gasteiger partial charge in [-0.3, -0.25) is 0 Å². The maximum Gasteiger partial charge on any atom is 0.221 e. The Hall–Kier alpha value is -1.80. The first-order chi connectivity index (χ1) is 10.7. The van der Waals surface area contributed by atoms with E-state index in [1.54, 1.807) is 4.68 Å². The molecule has 1 aliphatic rings. The van der Waals surface area contributed by atoms with Crippen molar-refractivity contribution in [2.75, 3.05) is 0 Å². The summed E-state index contributed by atoms with van der Waals surface area (Å²) in [5.74, 6) is 1.54. The van der Waals surface area contributed by atoms with E-state index in [0.29, 0.717) is 11.1 Å². The first-order valence-corrected chi connectivity index (χ1v) is 8.67.